The molecule has 1 atom stereocenters. The predicted molar refractivity (Wildman–Crippen MR) is 85.8 cm³/mol. The van der Waals surface area contributed by atoms with E-state index in [2.05, 4.69) is 69.8 Å². The molecule has 0 amide bonds. The van der Waals surface area contributed by atoms with E-state index in [-0.39, 0.29) is 0 Å². The Hall–Kier alpha value is -0.770. The molecule has 1 heterocycles. The van der Waals surface area contributed by atoms with E-state index < -0.39 is 0 Å². The molecule has 0 fully saturated rings. The van der Waals surface area contributed by atoms with Crippen molar-refractivity contribution in [3.8, 4) is 0 Å². The van der Waals surface area contributed by atoms with Gasteiger partial charge in [-0.25, -0.2) is 0 Å². The number of thioether (sulfide) groups is 1. The number of hydrogen-bond acceptors (Lipinski definition) is 2. The lowest BCUT2D eigenvalue weighted by Gasteiger charge is -2.12. The van der Waals surface area contributed by atoms with Gasteiger partial charge >= 0.3 is 0 Å². The van der Waals surface area contributed by atoms with Gasteiger partial charge in [-0.1, -0.05) is 46.3 Å². The molecular weight excluding hydrogens is 318 g/mol. The van der Waals surface area contributed by atoms with E-state index in [1.54, 1.807) is 0 Å². The van der Waals surface area contributed by atoms with Crippen molar-refractivity contribution < 1.29 is 0 Å². The minimum atomic E-state index is 0.647. The first-order valence-electron chi connectivity index (χ1n) is 6.50. The fourth-order valence-corrected chi connectivity index (χ4v) is 4.14. The number of benzene rings is 2. The van der Waals surface area contributed by atoms with Crippen molar-refractivity contribution in [2.75, 3.05) is 12.3 Å². The smallest absolute Gasteiger partial charge is 0.0206 e. The van der Waals surface area contributed by atoms with Crippen molar-refractivity contribution in [2.45, 2.75) is 17.4 Å². The van der Waals surface area contributed by atoms with Gasteiger partial charge in [0, 0.05) is 34.1 Å². The highest BCUT2D eigenvalue weighted by Crippen LogP contribution is 2.38. The lowest BCUT2D eigenvalue weighted by Crippen LogP contribution is -2.21. The Morgan fingerprint density at radius 3 is 2.95 bits per heavy atom. The molecule has 0 spiro atoms. The second kappa shape index (κ2) is 6.12. The minimum absolute atomic E-state index is 0.647. The Morgan fingerprint density at radius 1 is 1.16 bits per heavy atom. The molecule has 0 radical (unpaired) electrons. The van der Waals surface area contributed by atoms with Crippen LogP contribution in [0.1, 0.15) is 17.0 Å². The summed E-state index contributed by atoms with van der Waals surface area (Å²) in [6.45, 7) is 1.99. The van der Waals surface area contributed by atoms with Crippen molar-refractivity contribution in [3.05, 3.63) is 64.1 Å². The molecule has 1 aliphatic rings. The lowest BCUT2D eigenvalue weighted by molar-refractivity contribution is 0.621. The van der Waals surface area contributed by atoms with Crippen molar-refractivity contribution >= 4 is 27.7 Å². The van der Waals surface area contributed by atoms with Crippen molar-refractivity contribution in [3.63, 3.8) is 0 Å². The maximum Gasteiger partial charge on any atom is 0.0206 e. The number of rotatable bonds is 4. The number of hydrogen-bond donors (Lipinski definition) is 1. The largest absolute Gasteiger partial charge is 0.312 e. The molecular formula is C16H16BrNS. The first-order chi connectivity index (χ1) is 9.33. The lowest BCUT2D eigenvalue weighted by atomic mass is 10.0. The minimum Gasteiger partial charge on any atom is -0.312 e. The molecule has 98 valence electrons. The summed E-state index contributed by atoms with van der Waals surface area (Å²) in [5.41, 5.74) is 2.84. The second-order valence-electron chi connectivity index (χ2n) is 4.81. The normalized spacial score (nSPS) is 17.4. The van der Waals surface area contributed by atoms with Crippen LogP contribution in [0.15, 0.2) is 57.9 Å². The summed E-state index contributed by atoms with van der Waals surface area (Å²) in [6, 6.07) is 17.2. The quantitative estimate of drug-likeness (QED) is 0.888. The van der Waals surface area contributed by atoms with Gasteiger partial charge in [0.25, 0.3) is 0 Å². The highest BCUT2D eigenvalue weighted by atomic mass is 79.9. The topological polar surface area (TPSA) is 12.0 Å². The highest BCUT2D eigenvalue weighted by Gasteiger charge is 2.21. The molecule has 1 unspecified atom stereocenters. The summed E-state index contributed by atoms with van der Waals surface area (Å²) in [5.74, 6) is 1.85. The number of nitrogens with one attached hydrogen (secondary N) is 1. The van der Waals surface area contributed by atoms with Crippen molar-refractivity contribution in [2.24, 2.45) is 0 Å². The summed E-state index contributed by atoms with van der Waals surface area (Å²) < 4.78 is 1.15. The summed E-state index contributed by atoms with van der Waals surface area (Å²) in [7, 11) is 0. The van der Waals surface area contributed by atoms with E-state index in [1.165, 1.54) is 21.8 Å². The van der Waals surface area contributed by atoms with Crippen LogP contribution >= 0.6 is 27.7 Å². The molecule has 3 rings (SSSR count). The van der Waals surface area contributed by atoms with Gasteiger partial charge in [-0.05, 0) is 29.3 Å². The molecule has 0 bridgehead atoms. The molecule has 3 heteroatoms. The van der Waals surface area contributed by atoms with Gasteiger partial charge in [-0.3, -0.25) is 0 Å². The Bertz CT molecular complexity index is 570. The van der Waals surface area contributed by atoms with Crippen LogP contribution in [0, 0.1) is 0 Å². The molecule has 19 heavy (non-hydrogen) atoms. The van der Waals surface area contributed by atoms with Gasteiger partial charge < -0.3 is 5.32 Å². The van der Waals surface area contributed by atoms with Crippen LogP contribution in [-0.2, 0) is 6.54 Å². The molecule has 0 aromatic heterocycles. The zero-order chi connectivity index (χ0) is 13.1. The van der Waals surface area contributed by atoms with E-state index in [0.29, 0.717) is 5.92 Å². The van der Waals surface area contributed by atoms with Crippen LogP contribution in [0.25, 0.3) is 0 Å². The third-order valence-corrected chi connectivity index (χ3v) is 5.15. The van der Waals surface area contributed by atoms with Crippen molar-refractivity contribution in [1.82, 2.24) is 5.32 Å². The third-order valence-electron chi connectivity index (χ3n) is 3.41. The molecule has 2 aromatic carbocycles. The second-order valence-corrected chi connectivity index (χ2v) is 6.78. The van der Waals surface area contributed by atoms with Gasteiger partial charge in [0.2, 0.25) is 0 Å². The van der Waals surface area contributed by atoms with Crippen LogP contribution < -0.4 is 5.32 Å². The average molecular weight is 334 g/mol. The van der Waals surface area contributed by atoms with E-state index in [9.17, 15) is 0 Å². The molecule has 2 aromatic rings. The van der Waals surface area contributed by atoms with Gasteiger partial charge in [0.05, 0.1) is 0 Å². The van der Waals surface area contributed by atoms with Crippen LogP contribution in [0.4, 0.5) is 0 Å². The molecule has 1 N–H and O–H groups in total. The highest BCUT2D eigenvalue weighted by molar-refractivity contribution is 9.10. The summed E-state index contributed by atoms with van der Waals surface area (Å²) in [6.07, 6.45) is 0. The van der Waals surface area contributed by atoms with E-state index in [4.69, 9.17) is 0 Å². The van der Waals surface area contributed by atoms with Gasteiger partial charge in [0.15, 0.2) is 0 Å². The first kappa shape index (κ1) is 13.2. The maximum atomic E-state index is 3.58. The molecule has 0 saturated heterocycles. The molecule has 1 nitrogen and oxygen atoms in total. The summed E-state index contributed by atoms with van der Waals surface area (Å²) >= 11 is 5.49. The predicted octanol–water partition coefficient (Wildman–Crippen LogP) is 4.43. The van der Waals surface area contributed by atoms with Gasteiger partial charge in [-0.2, -0.15) is 0 Å². The average Bonchev–Trinajstić information content (AvgIpc) is 2.83. The number of fused-ring (bicyclic) bond motifs is 1. The maximum absolute atomic E-state index is 3.58. The van der Waals surface area contributed by atoms with Gasteiger partial charge in [-0.15, -0.1) is 11.8 Å². The Balaban J connectivity index is 1.57. The Labute approximate surface area is 126 Å². The number of halogens is 1. The van der Waals surface area contributed by atoms with Crippen LogP contribution in [-0.4, -0.2) is 12.3 Å². The Morgan fingerprint density at radius 2 is 2.05 bits per heavy atom. The molecule has 0 aliphatic carbocycles. The van der Waals surface area contributed by atoms with Gasteiger partial charge in [0.1, 0.15) is 0 Å². The SMILES string of the molecule is Brc1cccc(CNCC2CSc3ccccc32)c1. The summed E-state index contributed by atoms with van der Waals surface area (Å²) in [5, 5.41) is 3.58. The van der Waals surface area contributed by atoms with E-state index in [1.807, 2.05) is 11.8 Å². The van der Waals surface area contributed by atoms with Crippen LogP contribution in [0.3, 0.4) is 0 Å². The third kappa shape index (κ3) is 3.22. The monoisotopic (exact) mass is 333 g/mol. The van der Waals surface area contributed by atoms with E-state index >= 15 is 0 Å². The molecule has 1 aliphatic heterocycles. The zero-order valence-corrected chi connectivity index (χ0v) is 13.0. The fraction of sp³-hybridized carbons (Fsp3) is 0.250. The van der Waals surface area contributed by atoms with Crippen molar-refractivity contribution in [1.29, 1.82) is 0 Å². The first-order valence-corrected chi connectivity index (χ1v) is 8.27. The molecule has 0 saturated carbocycles. The fourth-order valence-electron chi connectivity index (χ4n) is 2.44. The standard InChI is InChI=1S/C16H16BrNS/c17-14-5-3-4-12(8-14)9-18-10-13-11-19-16-7-2-1-6-15(13)16/h1-8,13,18H,9-11H2. The van der Waals surface area contributed by atoms with Crippen LogP contribution in [0.5, 0.6) is 0 Å². The summed E-state index contributed by atoms with van der Waals surface area (Å²) in [4.78, 5) is 1.46. The van der Waals surface area contributed by atoms with E-state index in [0.717, 1.165) is 17.6 Å². The van der Waals surface area contributed by atoms with Crippen LogP contribution in [0.2, 0.25) is 0 Å². The zero-order valence-electron chi connectivity index (χ0n) is 10.6. The Kier molecular flexibility index (Phi) is 4.26.